The third-order valence-corrected chi connectivity index (χ3v) is 8.65. The Morgan fingerprint density at radius 1 is 0.788 bits per heavy atom. The van der Waals surface area contributed by atoms with Gasteiger partial charge in [0, 0.05) is 72.0 Å². The third kappa shape index (κ3) is 12.0. The number of benzene rings is 1. The molecule has 1 aromatic carbocycles. The summed E-state index contributed by atoms with van der Waals surface area (Å²) < 4.78 is 10.7. The normalized spacial score (nSPS) is 11.7. The Balaban J connectivity index is 1.23. The highest BCUT2D eigenvalue weighted by Gasteiger charge is 2.17. The van der Waals surface area contributed by atoms with Gasteiger partial charge in [0.25, 0.3) is 17.7 Å². The van der Waals surface area contributed by atoms with Gasteiger partial charge in [0.15, 0.2) is 1.41 Å². The maximum Gasteiger partial charge on any atom is 0.272 e. The van der Waals surface area contributed by atoms with Crippen molar-refractivity contribution in [2.75, 3.05) is 42.7 Å². The number of aryl methyl sites for hydroxylation is 2. The van der Waals surface area contributed by atoms with Gasteiger partial charge in [-0.2, -0.15) is 0 Å². The van der Waals surface area contributed by atoms with Gasteiger partial charge in [0.2, 0.25) is 0 Å². The summed E-state index contributed by atoms with van der Waals surface area (Å²) in [5.41, 5.74) is 4.85. The van der Waals surface area contributed by atoms with Gasteiger partial charge >= 0.3 is 0 Å². The summed E-state index contributed by atoms with van der Waals surface area (Å²) in [4.78, 5) is 45.5. The predicted molar refractivity (Wildman–Crippen MR) is 211 cm³/mol. The molecule has 3 aromatic heterocycles. The number of hydrogen-bond donors (Lipinski definition) is 5. The molecular weight excluding hydrogens is 654 g/mol. The van der Waals surface area contributed by atoms with E-state index < -0.39 is 5.91 Å². The number of carbonyl (C=O) groups is 3. The topological polar surface area (TPSA) is 149 Å². The Hall–Kier alpha value is -5.65. The second kappa shape index (κ2) is 19.7. The molecule has 0 aliphatic carbocycles. The second-order valence-corrected chi connectivity index (χ2v) is 13.1. The lowest BCUT2D eigenvalue weighted by atomic mass is 10.1. The molecule has 3 heterocycles. The third-order valence-electron chi connectivity index (χ3n) is 8.65. The van der Waals surface area contributed by atoms with Crippen molar-refractivity contribution in [3.63, 3.8) is 0 Å². The van der Waals surface area contributed by atoms with E-state index in [0.717, 1.165) is 30.6 Å². The molecule has 276 valence electrons. The van der Waals surface area contributed by atoms with Gasteiger partial charge < -0.3 is 35.3 Å². The molecule has 12 heteroatoms. The van der Waals surface area contributed by atoms with E-state index in [9.17, 15) is 14.4 Å². The average molecular weight is 708 g/mol. The number of amides is 3. The lowest BCUT2D eigenvalue weighted by molar-refractivity contribution is 0.0945. The number of amidine groups is 1. The van der Waals surface area contributed by atoms with E-state index in [0.29, 0.717) is 52.8 Å². The number of nitrogens with zero attached hydrogens (tertiary/aromatic N) is 4. The van der Waals surface area contributed by atoms with E-state index in [1.807, 2.05) is 55.4 Å². The number of pyridine rings is 1. The number of anilines is 3. The highest BCUT2D eigenvalue weighted by atomic mass is 16.2. The first-order valence-electron chi connectivity index (χ1n) is 18.4. The van der Waals surface area contributed by atoms with Crippen molar-refractivity contribution in [2.24, 2.45) is 14.1 Å². The van der Waals surface area contributed by atoms with Crippen LogP contribution in [0.5, 0.6) is 0 Å². The van der Waals surface area contributed by atoms with Gasteiger partial charge in [-0.15, -0.1) is 0 Å². The number of hydrogen-bond acceptors (Lipinski definition) is 6. The molecule has 0 radical (unpaired) electrons. The molecule has 0 atom stereocenters. The maximum absolute atomic E-state index is 13.2. The molecule has 0 spiro atoms. The van der Waals surface area contributed by atoms with Gasteiger partial charge in [-0.25, -0.2) is 0 Å². The molecule has 52 heavy (non-hydrogen) atoms. The number of aromatic nitrogens is 3. The summed E-state index contributed by atoms with van der Waals surface area (Å²) in [6.07, 6.45) is 17.6. The Morgan fingerprint density at radius 2 is 1.42 bits per heavy atom. The highest BCUT2D eigenvalue weighted by molar-refractivity contribution is 6.07. The van der Waals surface area contributed by atoms with Gasteiger partial charge in [-0.05, 0) is 54.5 Å². The van der Waals surface area contributed by atoms with E-state index in [4.69, 9.17) is 1.41 Å². The van der Waals surface area contributed by atoms with Crippen LogP contribution in [0.15, 0.2) is 67.1 Å². The first-order valence-corrected chi connectivity index (χ1v) is 18.0. The van der Waals surface area contributed by atoms with Crippen molar-refractivity contribution in [2.45, 2.75) is 58.3 Å². The smallest absolute Gasteiger partial charge is 0.272 e. The minimum atomic E-state index is -0.400. The van der Waals surface area contributed by atoms with E-state index in [1.165, 1.54) is 38.3 Å². The quantitative estimate of drug-likeness (QED) is 0.0405. The van der Waals surface area contributed by atoms with Crippen LogP contribution >= 0.6 is 0 Å². The minimum Gasteiger partial charge on any atom is -0.378 e. The molecule has 4 rings (SSSR count). The largest absolute Gasteiger partial charge is 0.378 e. The Bertz CT molecular complexity index is 1860. The van der Waals surface area contributed by atoms with Crippen molar-refractivity contribution in [1.82, 2.24) is 24.8 Å². The number of nitrogens with one attached hydrogen (secondary N) is 5. The summed E-state index contributed by atoms with van der Waals surface area (Å²) in [6.45, 7) is 3.28. The van der Waals surface area contributed by atoms with Crippen LogP contribution in [0.2, 0.25) is 1.41 Å². The van der Waals surface area contributed by atoms with Crippen LogP contribution in [0.4, 0.5) is 17.1 Å². The SMILES string of the molecule is [H]/N=C(\CCNC(=O)c1cc(NC(=O)c2cc(NC(=O)c3ccc(C=Cc4ccc(N(C)C)cc4)nc3)cn2C)cn1C)NCCCCCCCCC. The zero-order valence-electron chi connectivity index (χ0n) is 32.0. The lowest BCUT2D eigenvalue weighted by Crippen LogP contribution is -2.31. The van der Waals surface area contributed by atoms with Crippen LogP contribution in [-0.4, -0.2) is 64.9 Å². The Labute approximate surface area is 308 Å². The van der Waals surface area contributed by atoms with Crippen LogP contribution in [-0.2, 0) is 14.1 Å². The predicted octanol–water partition coefficient (Wildman–Crippen LogP) is 6.94. The van der Waals surface area contributed by atoms with Crippen LogP contribution in [0.25, 0.3) is 12.2 Å². The van der Waals surface area contributed by atoms with Gasteiger partial charge in [0.1, 0.15) is 11.4 Å². The molecule has 0 saturated carbocycles. The molecule has 0 fully saturated rings. The molecular formula is C40H53N9O3. The Morgan fingerprint density at radius 3 is 2.04 bits per heavy atom. The van der Waals surface area contributed by atoms with Crippen molar-refractivity contribution in [1.29, 1.82) is 5.40 Å². The molecule has 0 aliphatic heterocycles. The van der Waals surface area contributed by atoms with Crippen molar-refractivity contribution in [3.8, 4) is 0 Å². The van der Waals surface area contributed by atoms with Crippen molar-refractivity contribution >= 4 is 52.8 Å². The van der Waals surface area contributed by atoms with Crippen LogP contribution in [0, 0.1) is 5.40 Å². The molecule has 12 nitrogen and oxygen atoms in total. The van der Waals surface area contributed by atoms with Crippen LogP contribution in [0.3, 0.4) is 0 Å². The maximum atomic E-state index is 13.2. The average Bonchev–Trinajstić information content (AvgIpc) is 3.71. The summed E-state index contributed by atoms with van der Waals surface area (Å²) >= 11 is 0. The number of unbranched alkanes of at least 4 members (excludes halogenated alkanes) is 6. The van der Waals surface area contributed by atoms with Gasteiger partial charge in [-0.1, -0.05) is 63.7 Å². The van der Waals surface area contributed by atoms with E-state index >= 15 is 0 Å². The van der Waals surface area contributed by atoms with E-state index in [1.54, 1.807) is 59.9 Å². The summed E-state index contributed by atoms with van der Waals surface area (Å²) in [7, 11) is 7.43. The highest BCUT2D eigenvalue weighted by Crippen LogP contribution is 2.19. The zero-order valence-corrected chi connectivity index (χ0v) is 31.0. The zero-order chi connectivity index (χ0) is 38.2. The first-order chi connectivity index (χ1) is 25.6. The fourth-order valence-corrected chi connectivity index (χ4v) is 5.61. The second-order valence-electron chi connectivity index (χ2n) is 13.1. The Kier molecular flexibility index (Phi) is 14.2. The fraction of sp³-hybridized carbons (Fsp3) is 0.375. The minimum absolute atomic E-state index is 0.304. The molecule has 3 amide bonds. The summed E-state index contributed by atoms with van der Waals surface area (Å²) in [6, 6.07) is 14.8. The van der Waals surface area contributed by atoms with E-state index in [2.05, 4.69) is 38.6 Å². The molecule has 0 saturated heterocycles. The molecule has 0 aliphatic rings. The van der Waals surface area contributed by atoms with Crippen LogP contribution < -0.4 is 26.2 Å². The molecule has 4 aromatic rings. The van der Waals surface area contributed by atoms with Crippen molar-refractivity contribution < 1.29 is 15.8 Å². The van der Waals surface area contributed by atoms with Crippen LogP contribution in [0.1, 0.15) is 101 Å². The molecule has 0 unspecified atom stereocenters. The van der Waals surface area contributed by atoms with E-state index in [-0.39, 0.29) is 11.8 Å². The molecule has 0 bridgehead atoms. The summed E-state index contributed by atoms with van der Waals surface area (Å²) in [5.74, 6) is -0.520. The monoisotopic (exact) mass is 707 g/mol. The molecule has 5 N–H and O–H groups in total. The fourth-order valence-electron chi connectivity index (χ4n) is 5.61. The number of rotatable bonds is 19. The van der Waals surface area contributed by atoms with Crippen molar-refractivity contribution in [3.05, 3.63) is 95.3 Å². The summed E-state index contributed by atoms with van der Waals surface area (Å²) in [5, 5.41) is 15.3. The van der Waals surface area contributed by atoms with Gasteiger partial charge in [-0.3, -0.25) is 24.8 Å². The standard InChI is InChI=1S/C40H53N9O3/c1-6-7-8-9-10-11-12-22-42-37(41)21-23-43-39(51)35-24-33(28-48(35)4)46-40(52)36-25-32(27-49(36)5)45-38(50)30-16-18-31(44-26-30)17-13-29-14-19-34(20-15-29)47(2)3/h13-20,24-28H,6-12,21-23H2,1-5H3,(H2,41,42)(H,43,51)(H,45,50)(H,46,52). The number of carbonyl (C=O) groups excluding carboxylic acids is 3. The first kappa shape index (κ1) is 37.6. The van der Waals surface area contributed by atoms with Gasteiger partial charge in [0.05, 0.1) is 28.5 Å². The lowest BCUT2D eigenvalue weighted by Gasteiger charge is -2.11.